The van der Waals surface area contributed by atoms with Gasteiger partial charge < -0.3 is 10.2 Å². The van der Waals surface area contributed by atoms with Crippen LogP contribution in [-0.4, -0.2) is 50.2 Å². The lowest BCUT2D eigenvalue weighted by molar-refractivity contribution is -0.123. The molecule has 0 radical (unpaired) electrons. The van der Waals surface area contributed by atoms with Crippen LogP contribution in [0.1, 0.15) is 57.4 Å². The molecule has 2 heterocycles. The number of carbonyl (C=O) groups excluding carboxylic acids is 2. The molecule has 4 rings (SSSR count). The molecule has 0 spiro atoms. The molecule has 0 unspecified atom stereocenters. The Labute approximate surface area is 178 Å². The van der Waals surface area contributed by atoms with Crippen molar-refractivity contribution < 1.29 is 18.0 Å². The van der Waals surface area contributed by atoms with Gasteiger partial charge in [-0.3, -0.25) is 9.59 Å². The maximum Gasteiger partial charge on any atom is 0.243 e. The Kier molecular flexibility index (Phi) is 6.16. The monoisotopic (exact) mass is 433 g/mol. The molecule has 2 fully saturated rings. The molecule has 2 aliphatic heterocycles. The number of nitrogens with zero attached hydrogens (tertiary/aromatic N) is 2. The Hall–Kier alpha value is -1.93. The van der Waals surface area contributed by atoms with E-state index in [0.29, 0.717) is 56.3 Å². The van der Waals surface area contributed by atoms with Crippen LogP contribution < -0.4 is 10.2 Å². The van der Waals surface area contributed by atoms with Gasteiger partial charge in [0, 0.05) is 44.7 Å². The predicted octanol–water partition coefficient (Wildman–Crippen LogP) is 2.45. The van der Waals surface area contributed by atoms with Crippen LogP contribution >= 0.6 is 0 Å². The third kappa shape index (κ3) is 4.39. The van der Waals surface area contributed by atoms with Crippen molar-refractivity contribution in [2.24, 2.45) is 5.92 Å². The van der Waals surface area contributed by atoms with E-state index in [1.807, 2.05) is 0 Å². The quantitative estimate of drug-likeness (QED) is 0.773. The van der Waals surface area contributed by atoms with E-state index in [0.717, 1.165) is 24.1 Å². The molecule has 1 aromatic carbocycles. The van der Waals surface area contributed by atoms with Crippen molar-refractivity contribution in [1.29, 1.82) is 0 Å². The minimum absolute atomic E-state index is 0.0246. The van der Waals surface area contributed by atoms with E-state index in [1.165, 1.54) is 24.1 Å². The molecule has 30 heavy (non-hydrogen) atoms. The van der Waals surface area contributed by atoms with E-state index in [-0.39, 0.29) is 17.7 Å². The first-order chi connectivity index (χ1) is 14.3. The van der Waals surface area contributed by atoms with Gasteiger partial charge in [-0.15, -0.1) is 0 Å². The van der Waals surface area contributed by atoms with Crippen LogP contribution in [0.2, 0.25) is 0 Å². The van der Waals surface area contributed by atoms with E-state index >= 15 is 0 Å². The topological polar surface area (TPSA) is 86.8 Å². The lowest BCUT2D eigenvalue weighted by Gasteiger charge is -2.31. The number of anilines is 1. The smallest absolute Gasteiger partial charge is 0.243 e. The van der Waals surface area contributed by atoms with Crippen LogP contribution in [0.25, 0.3) is 0 Å². The second-order valence-electron chi connectivity index (χ2n) is 8.81. The summed E-state index contributed by atoms with van der Waals surface area (Å²) in [6.07, 6.45) is 7.12. The molecule has 1 aliphatic carbocycles. The zero-order valence-corrected chi connectivity index (χ0v) is 18.4. The van der Waals surface area contributed by atoms with Crippen LogP contribution in [0, 0.1) is 5.92 Å². The minimum atomic E-state index is -3.56. The number of hydrogen-bond donors (Lipinski definition) is 1. The number of piperidine rings is 1. The van der Waals surface area contributed by atoms with Crippen LogP contribution in [0.15, 0.2) is 23.1 Å². The number of amides is 2. The lowest BCUT2D eigenvalue weighted by atomic mass is 9.94. The molecule has 1 saturated carbocycles. The Morgan fingerprint density at radius 1 is 1.07 bits per heavy atom. The third-order valence-corrected chi connectivity index (χ3v) is 8.63. The van der Waals surface area contributed by atoms with Gasteiger partial charge in [0.15, 0.2) is 0 Å². The van der Waals surface area contributed by atoms with E-state index in [1.54, 1.807) is 23.1 Å². The van der Waals surface area contributed by atoms with Gasteiger partial charge in [0.25, 0.3) is 0 Å². The largest absolute Gasteiger partial charge is 0.353 e. The van der Waals surface area contributed by atoms with Crippen LogP contribution in [0.3, 0.4) is 0 Å². The van der Waals surface area contributed by atoms with Crippen molar-refractivity contribution in [3.8, 4) is 0 Å². The normalized spacial score (nSPS) is 21.0. The summed E-state index contributed by atoms with van der Waals surface area (Å²) in [6.45, 7) is 3.02. The molecular formula is C22H31N3O4S. The van der Waals surface area contributed by atoms with E-state index in [2.05, 4.69) is 5.32 Å². The van der Waals surface area contributed by atoms with Crippen molar-refractivity contribution in [3.05, 3.63) is 23.8 Å². The van der Waals surface area contributed by atoms with Gasteiger partial charge in [0.1, 0.15) is 0 Å². The highest BCUT2D eigenvalue weighted by Gasteiger charge is 2.32. The molecule has 1 aromatic rings. The van der Waals surface area contributed by atoms with Gasteiger partial charge in [0.05, 0.1) is 4.90 Å². The van der Waals surface area contributed by atoms with Crippen molar-refractivity contribution >= 4 is 27.5 Å². The van der Waals surface area contributed by atoms with E-state index in [4.69, 9.17) is 0 Å². The maximum absolute atomic E-state index is 13.1. The molecular weight excluding hydrogens is 402 g/mol. The van der Waals surface area contributed by atoms with Crippen LogP contribution in [0.5, 0.6) is 0 Å². The Morgan fingerprint density at radius 3 is 2.43 bits per heavy atom. The Morgan fingerprint density at radius 2 is 1.77 bits per heavy atom. The number of carbonyl (C=O) groups is 2. The van der Waals surface area contributed by atoms with E-state index < -0.39 is 10.0 Å². The number of benzene rings is 1. The van der Waals surface area contributed by atoms with Crippen molar-refractivity contribution in [3.63, 3.8) is 0 Å². The summed E-state index contributed by atoms with van der Waals surface area (Å²) in [4.78, 5) is 26.0. The van der Waals surface area contributed by atoms with Gasteiger partial charge >= 0.3 is 0 Å². The highest BCUT2D eigenvalue weighted by Crippen LogP contribution is 2.32. The molecule has 0 bridgehead atoms. The highest BCUT2D eigenvalue weighted by molar-refractivity contribution is 7.89. The lowest BCUT2D eigenvalue weighted by Crippen LogP contribution is -2.40. The number of rotatable bonds is 5. The fraction of sp³-hybridized carbons (Fsp3) is 0.636. The molecule has 7 nitrogen and oxygen atoms in total. The number of nitrogens with one attached hydrogen (secondary N) is 1. The Bertz CT molecular complexity index is 916. The van der Waals surface area contributed by atoms with Gasteiger partial charge in [-0.25, -0.2) is 8.42 Å². The number of sulfonamides is 1. The van der Waals surface area contributed by atoms with Crippen molar-refractivity contribution in [2.75, 3.05) is 24.5 Å². The second-order valence-corrected chi connectivity index (χ2v) is 10.7. The Balaban J connectivity index is 1.35. The SMILES string of the molecule is CC(=O)N1CCc2cc(S(=O)(=O)N3CCC(CC(=O)NC4CCCC4)CC3)ccc21. The average Bonchev–Trinajstić information content (AvgIpc) is 3.37. The first-order valence-electron chi connectivity index (χ1n) is 11.0. The zero-order valence-electron chi connectivity index (χ0n) is 17.6. The number of hydrogen-bond acceptors (Lipinski definition) is 4. The van der Waals surface area contributed by atoms with Gasteiger partial charge in [-0.1, -0.05) is 12.8 Å². The summed E-state index contributed by atoms with van der Waals surface area (Å²) < 4.78 is 27.8. The van der Waals surface area contributed by atoms with Gasteiger partial charge in [-0.05, 0) is 61.8 Å². The molecule has 8 heteroatoms. The fourth-order valence-corrected chi connectivity index (χ4v) is 6.51. The first kappa shape index (κ1) is 21.3. The fourth-order valence-electron chi connectivity index (χ4n) is 4.99. The molecule has 3 aliphatic rings. The van der Waals surface area contributed by atoms with Gasteiger partial charge in [0.2, 0.25) is 21.8 Å². The van der Waals surface area contributed by atoms with Crippen molar-refractivity contribution in [1.82, 2.24) is 9.62 Å². The zero-order chi connectivity index (χ0) is 21.3. The minimum Gasteiger partial charge on any atom is -0.353 e. The summed E-state index contributed by atoms with van der Waals surface area (Å²) in [7, 11) is -3.56. The molecule has 164 valence electrons. The van der Waals surface area contributed by atoms with E-state index in [9.17, 15) is 18.0 Å². The molecule has 1 N–H and O–H groups in total. The summed E-state index contributed by atoms with van der Waals surface area (Å²) in [5.74, 6) is 0.322. The average molecular weight is 434 g/mol. The van der Waals surface area contributed by atoms with Crippen LogP contribution in [-0.2, 0) is 26.0 Å². The maximum atomic E-state index is 13.1. The molecule has 1 saturated heterocycles. The predicted molar refractivity (Wildman–Crippen MR) is 115 cm³/mol. The summed E-state index contributed by atoms with van der Waals surface area (Å²) in [5, 5.41) is 3.13. The second kappa shape index (κ2) is 8.67. The molecule has 0 atom stereocenters. The summed E-state index contributed by atoms with van der Waals surface area (Å²) in [5.41, 5.74) is 1.72. The van der Waals surface area contributed by atoms with Crippen LogP contribution in [0.4, 0.5) is 5.69 Å². The molecule has 0 aromatic heterocycles. The molecule has 2 amide bonds. The first-order valence-corrected chi connectivity index (χ1v) is 12.5. The highest BCUT2D eigenvalue weighted by atomic mass is 32.2. The number of fused-ring (bicyclic) bond motifs is 1. The standard InChI is InChI=1S/C22H31N3O4S/c1-16(26)25-13-10-18-15-20(6-7-21(18)25)30(28,29)24-11-8-17(9-12-24)14-22(27)23-19-4-2-3-5-19/h6-7,15,17,19H,2-5,8-14H2,1H3,(H,23,27). The van der Waals surface area contributed by atoms with Gasteiger partial charge in [-0.2, -0.15) is 4.31 Å². The third-order valence-electron chi connectivity index (χ3n) is 6.73. The summed E-state index contributed by atoms with van der Waals surface area (Å²) in [6, 6.07) is 5.40. The van der Waals surface area contributed by atoms with Crippen molar-refractivity contribution in [2.45, 2.75) is 69.2 Å². The summed E-state index contributed by atoms with van der Waals surface area (Å²) >= 11 is 0.